The summed E-state index contributed by atoms with van der Waals surface area (Å²) >= 11 is 5.84. The number of carbonyl (C=O) groups is 1. The van der Waals surface area contributed by atoms with E-state index in [2.05, 4.69) is 15.6 Å². The summed E-state index contributed by atoms with van der Waals surface area (Å²) < 4.78 is 38.0. The fourth-order valence-electron chi connectivity index (χ4n) is 3.53. The van der Waals surface area contributed by atoms with Gasteiger partial charge in [0.15, 0.2) is 0 Å². The van der Waals surface area contributed by atoms with Gasteiger partial charge in [0.1, 0.15) is 11.5 Å². The first-order chi connectivity index (χ1) is 17.2. The van der Waals surface area contributed by atoms with Gasteiger partial charge in [-0.15, -0.1) is 0 Å². The molecule has 9 nitrogen and oxygen atoms in total. The molecule has 1 aromatic heterocycles. The maximum atomic E-state index is 12.8. The highest BCUT2D eigenvalue weighted by molar-refractivity contribution is 7.90. The number of hydrogen-bond acceptors (Lipinski definition) is 7. The number of aromatic nitrogens is 1. The molecule has 4 aromatic rings. The molecule has 11 heteroatoms. The van der Waals surface area contributed by atoms with Crippen molar-refractivity contribution in [3.8, 4) is 11.5 Å². The summed E-state index contributed by atoms with van der Waals surface area (Å²) in [6.45, 7) is 1.71. The second kappa shape index (κ2) is 10.3. The van der Waals surface area contributed by atoms with Crippen molar-refractivity contribution in [3.63, 3.8) is 0 Å². The van der Waals surface area contributed by atoms with Crippen molar-refractivity contribution in [2.45, 2.75) is 11.8 Å². The number of carbonyl (C=O) groups excluding carboxylic acids is 1. The number of fused-ring (bicyclic) bond motifs is 1. The van der Waals surface area contributed by atoms with E-state index in [1.807, 2.05) is 16.9 Å². The van der Waals surface area contributed by atoms with E-state index in [0.29, 0.717) is 50.2 Å². The zero-order valence-corrected chi connectivity index (χ0v) is 21.2. The van der Waals surface area contributed by atoms with Crippen LogP contribution < -0.4 is 24.8 Å². The summed E-state index contributed by atoms with van der Waals surface area (Å²) in [6.07, 6.45) is 0. The first kappa shape index (κ1) is 25.1. The monoisotopic (exact) mass is 526 g/mol. The summed E-state index contributed by atoms with van der Waals surface area (Å²) in [5.41, 5.74) is 2.66. The van der Waals surface area contributed by atoms with Gasteiger partial charge in [0.05, 0.1) is 41.7 Å². The number of benzene rings is 3. The Labute approximate surface area is 213 Å². The van der Waals surface area contributed by atoms with Gasteiger partial charge in [-0.25, -0.2) is 17.9 Å². The van der Waals surface area contributed by atoms with Gasteiger partial charge in [-0.3, -0.25) is 4.98 Å². The predicted octanol–water partition coefficient (Wildman–Crippen LogP) is 5.47. The number of hydrogen-bond donors (Lipinski definition) is 3. The number of amides is 2. The fourth-order valence-corrected chi connectivity index (χ4v) is 4.56. The third kappa shape index (κ3) is 5.45. The number of aryl methyl sites for hydroxylation is 1. The summed E-state index contributed by atoms with van der Waals surface area (Å²) in [5, 5.41) is 6.98. The molecule has 0 spiro atoms. The van der Waals surface area contributed by atoms with Crippen molar-refractivity contribution >= 4 is 55.6 Å². The van der Waals surface area contributed by atoms with E-state index in [-0.39, 0.29) is 4.90 Å². The molecule has 186 valence electrons. The van der Waals surface area contributed by atoms with Gasteiger partial charge in [-0.05, 0) is 73.7 Å². The number of rotatable bonds is 7. The van der Waals surface area contributed by atoms with Gasteiger partial charge in [-0.1, -0.05) is 11.6 Å². The lowest BCUT2D eigenvalue weighted by molar-refractivity contribution is 0.256. The van der Waals surface area contributed by atoms with Crippen LogP contribution in [-0.2, 0) is 10.0 Å². The Bertz CT molecular complexity index is 1530. The number of halogens is 1. The van der Waals surface area contributed by atoms with Crippen molar-refractivity contribution in [2.24, 2.45) is 0 Å². The van der Waals surface area contributed by atoms with Gasteiger partial charge in [0, 0.05) is 16.1 Å². The van der Waals surface area contributed by atoms with Crippen LogP contribution in [0.3, 0.4) is 0 Å². The van der Waals surface area contributed by atoms with Crippen LogP contribution in [-0.4, -0.2) is 33.7 Å². The van der Waals surface area contributed by atoms with E-state index >= 15 is 0 Å². The Hall–Kier alpha value is -4.02. The van der Waals surface area contributed by atoms with Gasteiger partial charge in [0.25, 0.3) is 10.0 Å². The van der Waals surface area contributed by atoms with Crippen LogP contribution >= 0.6 is 11.6 Å². The van der Waals surface area contributed by atoms with Crippen LogP contribution in [0.15, 0.2) is 71.6 Å². The highest BCUT2D eigenvalue weighted by Gasteiger charge is 2.21. The van der Waals surface area contributed by atoms with Crippen molar-refractivity contribution in [2.75, 3.05) is 24.9 Å². The first-order valence-corrected chi connectivity index (χ1v) is 12.5. The van der Waals surface area contributed by atoms with Crippen LogP contribution in [0.4, 0.5) is 21.9 Å². The molecule has 0 aliphatic heterocycles. The normalized spacial score (nSPS) is 11.1. The van der Waals surface area contributed by atoms with Gasteiger partial charge in [0.2, 0.25) is 0 Å². The van der Waals surface area contributed by atoms with Crippen molar-refractivity contribution in [1.82, 2.24) is 9.71 Å². The predicted molar refractivity (Wildman–Crippen MR) is 140 cm³/mol. The Morgan fingerprint density at radius 3 is 2.17 bits per heavy atom. The maximum Gasteiger partial charge on any atom is 0.333 e. The Balaban J connectivity index is 1.73. The fraction of sp³-hybridized carbons (Fsp3) is 0.120. The molecule has 36 heavy (non-hydrogen) atoms. The molecule has 0 bridgehead atoms. The minimum atomic E-state index is -4.14. The maximum absolute atomic E-state index is 12.8. The second-order valence-corrected chi connectivity index (χ2v) is 9.82. The molecule has 3 N–H and O–H groups in total. The molecule has 0 aliphatic rings. The average molecular weight is 527 g/mol. The van der Waals surface area contributed by atoms with E-state index in [1.54, 1.807) is 51.5 Å². The number of ether oxygens (including phenoxy) is 2. The van der Waals surface area contributed by atoms with E-state index in [9.17, 15) is 13.2 Å². The lowest BCUT2D eigenvalue weighted by atomic mass is 10.1. The lowest BCUT2D eigenvalue weighted by Crippen LogP contribution is -2.34. The summed E-state index contributed by atoms with van der Waals surface area (Å²) in [6, 6.07) is 17.1. The molecule has 2 amide bonds. The molecule has 0 fully saturated rings. The molecule has 3 aromatic carbocycles. The van der Waals surface area contributed by atoms with Gasteiger partial charge >= 0.3 is 6.03 Å². The smallest absolute Gasteiger partial charge is 0.333 e. The lowest BCUT2D eigenvalue weighted by Gasteiger charge is -2.19. The molecule has 4 rings (SSSR count). The molecular weight excluding hydrogens is 504 g/mol. The Kier molecular flexibility index (Phi) is 7.18. The Morgan fingerprint density at radius 2 is 1.53 bits per heavy atom. The standard InChI is InChI=1S/C25H23ClN4O5S/c1-15-23(29-25(31)30-36(32,33)20-11-4-16(26)5-12-20)24(28-17-6-8-18(34-2)9-7-17)21-14-19(35-3)10-13-22(21)27-15/h4-14H,1-3H3,(H,27,28)(H2,29,30,31). The van der Waals surface area contributed by atoms with Crippen LogP contribution in [0.2, 0.25) is 5.02 Å². The van der Waals surface area contributed by atoms with Crippen molar-refractivity contribution in [1.29, 1.82) is 0 Å². The number of pyridine rings is 1. The third-order valence-electron chi connectivity index (χ3n) is 5.32. The first-order valence-electron chi connectivity index (χ1n) is 10.7. The third-order valence-corrected chi connectivity index (χ3v) is 6.92. The van der Waals surface area contributed by atoms with E-state index in [4.69, 9.17) is 21.1 Å². The van der Waals surface area contributed by atoms with Gasteiger partial charge < -0.3 is 20.1 Å². The SMILES string of the molecule is COc1ccc(Nc2c(NC(=O)NS(=O)(=O)c3ccc(Cl)cc3)c(C)nc3ccc(OC)cc23)cc1. The number of nitrogens with zero attached hydrogens (tertiary/aromatic N) is 1. The minimum Gasteiger partial charge on any atom is -0.497 e. The van der Waals surface area contributed by atoms with Crippen LogP contribution in [0, 0.1) is 6.92 Å². The highest BCUT2D eigenvalue weighted by Crippen LogP contribution is 2.37. The molecule has 0 aliphatic carbocycles. The van der Waals surface area contributed by atoms with E-state index in [1.165, 1.54) is 24.3 Å². The number of sulfonamides is 1. The van der Waals surface area contributed by atoms with Crippen molar-refractivity contribution < 1.29 is 22.7 Å². The van der Waals surface area contributed by atoms with Crippen LogP contribution in [0.25, 0.3) is 10.9 Å². The molecule has 0 unspecified atom stereocenters. The van der Waals surface area contributed by atoms with E-state index in [0.717, 1.165) is 0 Å². The van der Waals surface area contributed by atoms with Crippen molar-refractivity contribution in [3.05, 3.63) is 77.4 Å². The molecule has 0 radical (unpaired) electrons. The molecule has 0 saturated heterocycles. The highest BCUT2D eigenvalue weighted by atomic mass is 35.5. The number of anilines is 3. The summed E-state index contributed by atoms with van der Waals surface area (Å²) in [4.78, 5) is 17.3. The van der Waals surface area contributed by atoms with Gasteiger partial charge in [-0.2, -0.15) is 0 Å². The quantitative estimate of drug-likeness (QED) is 0.292. The minimum absolute atomic E-state index is 0.100. The average Bonchev–Trinajstić information content (AvgIpc) is 2.86. The molecular formula is C25H23ClN4O5S. The zero-order valence-electron chi connectivity index (χ0n) is 19.6. The molecule has 0 saturated carbocycles. The van der Waals surface area contributed by atoms with Crippen LogP contribution in [0.5, 0.6) is 11.5 Å². The summed E-state index contributed by atoms with van der Waals surface area (Å²) in [5.74, 6) is 1.27. The summed E-state index contributed by atoms with van der Waals surface area (Å²) in [7, 11) is -1.01. The molecule has 1 heterocycles. The molecule has 0 atom stereocenters. The Morgan fingerprint density at radius 1 is 0.889 bits per heavy atom. The number of methoxy groups -OCH3 is 2. The van der Waals surface area contributed by atoms with Crippen LogP contribution in [0.1, 0.15) is 5.69 Å². The van der Waals surface area contributed by atoms with E-state index < -0.39 is 16.1 Å². The number of urea groups is 1. The largest absolute Gasteiger partial charge is 0.497 e. The topological polar surface area (TPSA) is 119 Å². The second-order valence-electron chi connectivity index (χ2n) is 7.70. The number of nitrogens with one attached hydrogen (secondary N) is 3. The zero-order chi connectivity index (χ0) is 25.9.